The van der Waals surface area contributed by atoms with E-state index in [9.17, 15) is 9.59 Å². The summed E-state index contributed by atoms with van der Waals surface area (Å²) in [6.07, 6.45) is 5.64. The predicted octanol–water partition coefficient (Wildman–Crippen LogP) is 7.79. The molecule has 5 rings (SSSR count). The van der Waals surface area contributed by atoms with E-state index in [1.807, 2.05) is 98.2 Å². The lowest BCUT2D eigenvalue weighted by atomic mass is 9.78. The van der Waals surface area contributed by atoms with Crippen molar-refractivity contribution in [2.24, 2.45) is 5.10 Å². The minimum absolute atomic E-state index is 0.141. The highest BCUT2D eigenvalue weighted by atomic mass is 31.0. The average Bonchev–Trinajstić information content (AvgIpc) is 3.34. The molecule has 6 nitrogen and oxygen atoms in total. The van der Waals surface area contributed by atoms with Crippen molar-refractivity contribution in [3.05, 3.63) is 137 Å². The zero-order valence-electron chi connectivity index (χ0n) is 26.9. The molecule has 2 unspecified atom stereocenters. The minimum Gasteiger partial charge on any atom is -0.493 e. The zero-order valence-corrected chi connectivity index (χ0v) is 28.0. The molecule has 0 saturated carbocycles. The van der Waals surface area contributed by atoms with Gasteiger partial charge in [0.05, 0.1) is 24.0 Å². The molecular weight excluding hydrogens is 589 g/mol. The van der Waals surface area contributed by atoms with Crippen molar-refractivity contribution in [2.45, 2.75) is 44.9 Å². The first-order valence-corrected chi connectivity index (χ1v) is 16.4. The summed E-state index contributed by atoms with van der Waals surface area (Å²) in [7, 11) is 4.40. The molecule has 0 spiro atoms. The number of hydrogen-bond donors (Lipinski definition) is 0. The van der Waals surface area contributed by atoms with Crippen molar-refractivity contribution in [3.8, 4) is 5.75 Å². The van der Waals surface area contributed by atoms with Crippen LogP contribution in [0.25, 0.3) is 11.1 Å². The lowest BCUT2D eigenvalue weighted by molar-refractivity contribution is -0.135. The number of unbranched alkanes of at least 4 members (excludes halogenated alkanes) is 1. The molecule has 1 aliphatic rings. The standard InChI is InChI=1S/C39H42N3O3P/c1-4-5-25-39(2,33-20-16-30(17-21-33)27-40-41(3)46)28-45-34-22-18-29(19-23-34)24-26-42-37(43)35(31-12-8-6-9-13-31)36(38(42)44)32-14-10-7-11-15-32/h6-23,27H,4-5,24-26,28,46H2,1-3H3. The van der Waals surface area contributed by atoms with E-state index in [4.69, 9.17) is 4.74 Å². The third-order valence-corrected chi connectivity index (χ3v) is 8.61. The van der Waals surface area contributed by atoms with Gasteiger partial charge in [0.15, 0.2) is 0 Å². The van der Waals surface area contributed by atoms with Crippen LogP contribution in [0.2, 0.25) is 0 Å². The van der Waals surface area contributed by atoms with Crippen LogP contribution in [0.4, 0.5) is 0 Å². The van der Waals surface area contributed by atoms with Crippen molar-refractivity contribution in [2.75, 3.05) is 20.2 Å². The fourth-order valence-electron chi connectivity index (χ4n) is 5.76. The second-order valence-corrected chi connectivity index (χ2v) is 12.8. The third kappa shape index (κ3) is 7.81. The van der Waals surface area contributed by atoms with E-state index in [0.717, 1.165) is 47.3 Å². The molecule has 0 N–H and O–H groups in total. The monoisotopic (exact) mass is 631 g/mol. The molecule has 1 heterocycles. The normalized spacial score (nSPS) is 14.7. The van der Waals surface area contributed by atoms with Gasteiger partial charge in [-0.15, -0.1) is 0 Å². The van der Waals surface area contributed by atoms with Gasteiger partial charge in [0.1, 0.15) is 5.75 Å². The van der Waals surface area contributed by atoms with Gasteiger partial charge in [-0.2, -0.15) is 5.10 Å². The maximum atomic E-state index is 13.6. The van der Waals surface area contributed by atoms with Crippen LogP contribution in [-0.4, -0.2) is 47.9 Å². The molecule has 1 aliphatic heterocycles. The Morgan fingerprint density at radius 2 is 1.39 bits per heavy atom. The van der Waals surface area contributed by atoms with E-state index >= 15 is 0 Å². The van der Waals surface area contributed by atoms with E-state index in [2.05, 4.69) is 52.6 Å². The van der Waals surface area contributed by atoms with Gasteiger partial charge < -0.3 is 4.74 Å². The van der Waals surface area contributed by atoms with E-state index < -0.39 is 0 Å². The van der Waals surface area contributed by atoms with Gasteiger partial charge >= 0.3 is 0 Å². The first-order valence-electron chi connectivity index (χ1n) is 15.8. The highest BCUT2D eigenvalue weighted by Crippen LogP contribution is 2.36. The molecule has 46 heavy (non-hydrogen) atoms. The first kappa shape index (κ1) is 32.8. The van der Waals surface area contributed by atoms with E-state index in [1.54, 1.807) is 4.78 Å². The Morgan fingerprint density at radius 3 is 1.91 bits per heavy atom. The molecule has 2 amide bonds. The van der Waals surface area contributed by atoms with Crippen LogP contribution in [0.5, 0.6) is 5.75 Å². The van der Waals surface area contributed by atoms with Crippen LogP contribution in [0.1, 0.15) is 60.9 Å². The van der Waals surface area contributed by atoms with E-state index in [-0.39, 0.29) is 17.2 Å². The number of benzene rings is 4. The van der Waals surface area contributed by atoms with Crippen LogP contribution in [0.3, 0.4) is 0 Å². The van der Waals surface area contributed by atoms with Crippen molar-refractivity contribution in [1.29, 1.82) is 0 Å². The Kier molecular flexibility index (Phi) is 10.8. The van der Waals surface area contributed by atoms with Crippen molar-refractivity contribution < 1.29 is 14.3 Å². The summed E-state index contributed by atoms with van der Waals surface area (Å²) in [4.78, 5) is 28.7. The number of carbonyl (C=O) groups is 2. The van der Waals surface area contributed by atoms with Crippen molar-refractivity contribution in [1.82, 2.24) is 9.68 Å². The molecule has 4 aromatic rings. The summed E-state index contributed by atoms with van der Waals surface area (Å²) in [6, 6.07) is 35.4. The highest BCUT2D eigenvalue weighted by Gasteiger charge is 2.39. The van der Waals surface area contributed by atoms with Gasteiger partial charge in [-0.1, -0.05) is 124 Å². The SMILES string of the molecule is CCCCC(C)(COc1ccc(CCN2C(=O)C(c3ccccc3)=C(c3ccccc3)C2=O)cc1)c1ccc(C=NN(C)P)cc1. The van der Waals surface area contributed by atoms with Crippen molar-refractivity contribution in [3.63, 3.8) is 0 Å². The Hall–Kier alpha value is -4.54. The number of amides is 2. The molecule has 0 bridgehead atoms. The summed E-state index contributed by atoms with van der Waals surface area (Å²) in [5.41, 5.74) is 5.61. The summed E-state index contributed by atoms with van der Waals surface area (Å²) < 4.78 is 8.06. The summed E-state index contributed by atoms with van der Waals surface area (Å²) in [6.45, 7) is 5.33. The fourth-order valence-corrected chi connectivity index (χ4v) is 5.82. The van der Waals surface area contributed by atoms with Gasteiger partial charge in [0, 0.05) is 19.0 Å². The highest BCUT2D eigenvalue weighted by molar-refractivity contribution is 7.13. The Morgan fingerprint density at radius 1 is 0.826 bits per heavy atom. The lowest BCUT2D eigenvalue weighted by Gasteiger charge is -2.30. The first-order chi connectivity index (χ1) is 22.3. The molecule has 7 heteroatoms. The van der Waals surface area contributed by atoms with Crippen LogP contribution in [-0.2, 0) is 21.4 Å². The van der Waals surface area contributed by atoms with Gasteiger partial charge in [-0.25, -0.2) is 0 Å². The van der Waals surface area contributed by atoms with Gasteiger partial charge in [0.2, 0.25) is 0 Å². The fraction of sp³-hybridized carbons (Fsp3) is 0.256. The molecule has 0 fully saturated rings. The number of imide groups is 1. The maximum Gasteiger partial charge on any atom is 0.262 e. The Labute approximate surface area is 275 Å². The summed E-state index contributed by atoms with van der Waals surface area (Å²) in [5.74, 6) is 0.295. The van der Waals surface area contributed by atoms with E-state index in [1.165, 1.54) is 10.5 Å². The Balaban J connectivity index is 1.24. The maximum absolute atomic E-state index is 13.6. The molecule has 0 aliphatic carbocycles. The number of ether oxygens (including phenoxy) is 1. The molecule has 0 aromatic heterocycles. The second-order valence-electron chi connectivity index (χ2n) is 12.0. The lowest BCUT2D eigenvalue weighted by Crippen LogP contribution is -2.33. The molecule has 2 atom stereocenters. The molecule has 0 saturated heterocycles. The number of hydrogen-bond acceptors (Lipinski definition) is 5. The molecule has 4 aromatic carbocycles. The quantitative estimate of drug-likeness (QED) is 0.0617. The molecule has 236 valence electrons. The van der Waals surface area contributed by atoms with Crippen LogP contribution in [0, 0.1) is 0 Å². The van der Waals surface area contributed by atoms with Gasteiger partial charge in [0.25, 0.3) is 11.8 Å². The Bertz CT molecular complexity index is 1620. The summed E-state index contributed by atoms with van der Waals surface area (Å²) >= 11 is 0. The predicted molar refractivity (Wildman–Crippen MR) is 190 cm³/mol. The smallest absolute Gasteiger partial charge is 0.262 e. The summed E-state index contributed by atoms with van der Waals surface area (Å²) in [5, 5.41) is 4.30. The van der Waals surface area contributed by atoms with Crippen molar-refractivity contribution >= 4 is 38.6 Å². The molecular formula is C39H42N3O3P. The number of rotatable bonds is 14. The van der Waals surface area contributed by atoms with Crippen LogP contribution < -0.4 is 4.74 Å². The largest absolute Gasteiger partial charge is 0.493 e. The van der Waals surface area contributed by atoms with Crippen LogP contribution >= 0.6 is 9.39 Å². The average molecular weight is 632 g/mol. The number of hydrazone groups is 1. The number of nitrogens with zero attached hydrogens (tertiary/aromatic N) is 3. The third-order valence-electron chi connectivity index (χ3n) is 8.48. The van der Waals surface area contributed by atoms with Gasteiger partial charge in [-0.05, 0) is 62.2 Å². The van der Waals surface area contributed by atoms with E-state index in [0.29, 0.717) is 30.7 Å². The zero-order chi connectivity index (χ0) is 32.5. The number of carbonyl (C=O) groups excluding carboxylic acids is 2. The molecule has 0 radical (unpaired) electrons. The second kappa shape index (κ2) is 15.2. The topological polar surface area (TPSA) is 62.2 Å². The van der Waals surface area contributed by atoms with Gasteiger partial charge in [-0.3, -0.25) is 19.3 Å². The minimum atomic E-state index is -0.251. The van der Waals surface area contributed by atoms with Crippen LogP contribution in [0.15, 0.2) is 114 Å².